The molecule has 0 aliphatic carbocycles. The van der Waals surface area contributed by atoms with E-state index in [0.717, 1.165) is 15.7 Å². The van der Waals surface area contributed by atoms with Crippen molar-refractivity contribution in [2.75, 3.05) is 11.2 Å². The van der Waals surface area contributed by atoms with Crippen LogP contribution in [0.25, 0.3) is 0 Å². The Morgan fingerprint density at radius 1 is 1.53 bits per heavy atom. The summed E-state index contributed by atoms with van der Waals surface area (Å²) in [6.45, 7) is 1.96. The molecule has 1 rings (SSSR count). The number of alkyl halides is 1. The van der Waals surface area contributed by atoms with Crippen LogP contribution in [0.2, 0.25) is 0 Å². The van der Waals surface area contributed by atoms with E-state index in [2.05, 4.69) is 21.2 Å². The van der Waals surface area contributed by atoms with Gasteiger partial charge >= 0.3 is 0 Å². The Morgan fingerprint density at radius 2 is 2.27 bits per heavy atom. The van der Waals surface area contributed by atoms with Crippen LogP contribution in [0.1, 0.15) is 18.4 Å². The molecule has 0 aromatic heterocycles. The summed E-state index contributed by atoms with van der Waals surface area (Å²) in [4.78, 5) is 11.5. The van der Waals surface area contributed by atoms with E-state index < -0.39 is 0 Å². The van der Waals surface area contributed by atoms with Crippen LogP contribution in [0, 0.1) is 6.92 Å². The SMILES string of the molecule is Cc1cccc(Br)c1NC(=O)CCCCl. The molecule has 0 radical (unpaired) electrons. The number of rotatable bonds is 4. The molecule has 0 unspecified atom stereocenters. The van der Waals surface area contributed by atoms with Crippen LogP contribution in [-0.2, 0) is 4.79 Å². The first-order valence-corrected chi connectivity index (χ1v) is 6.09. The molecule has 0 aliphatic rings. The molecule has 1 aromatic rings. The van der Waals surface area contributed by atoms with Crippen molar-refractivity contribution in [2.45, 2.75) is 19.8 Å². The Labute approximate surface area is 103 Å². The number of nitrogens with one attached hydrogen (secondary N) is 1. The second-order valence-electron chi connectivity index (χ2n) is 3.27. The highest BCUT2D eigenvalue weighted by Crippen LogP contribution is 2.25. The Balaban J connectivity index is 2.68. The van der Waals surface area contributed by atoms with E-state index in [1.807, 2.05) is 25.1 Å². The number of carbonyl (C=O) groups is 1. The molecule has 82 valence electrons. The number of aryl methyl sites for hydroxylation is 1. The van der Waals surface area contributed by atoms with Gasteiger partial charge in [0.05, 0.1) is 5.69 Å². The van der Waals surface area contributed by atoms with Crippen molar-refractivity contribution in [3.05, 3.63) is 28.2 Å². The topological polar surface area (TPSA) is 29.1 Å². The predicted molar refractivity (Wildman–Crippen MR) is 67.5 cm³/mol. The third-order valence-corrected chi connectivity index (χ3v) is 2.95. The highest BCUT2D eigenvalue weighted by atomic mass is 79.9. The molecule has 0 spiro atoms. The van der Waals surface area contributed by atoms with Crippen LogP contribution in [0.15, 0.2) is 22.7 Å². The summed E-state index contributed by atoms with van der Waals surface area (Å²) >= 11 is 8.92. The molecule has 0 saturated heterocycles. The number of carbonyl (C=O) groups excluding carboxylic acids is 1. The fourth-order valence-electron chi connectivity index (χ4n) is 1.22. The van der Waals surface area contributed by atoms with Gasteiger partial charge in [0.1, 0.15) is 0 Å². The Kier molecular flexibility index (Phi) is 5.12. The minimum atomic E-state index is 0.00523. The van der Waals surface area contributed by atoms with E-state index in [0.29, 0.717) is 18.7 Å². The Morgan fingerprint density at radius 3 is 2.87 bits per heavy atom. The van der Waals surface area contributed by atoms with Gasteiger partial charge in [-0.2, -0.15) is 0 Å². The van der Waals surface area contributed by atoms with Crippen LogP contribution in [0.4, 0.5) is 5.69 Å². The van der Waals surface area contributed by atoms with Crippen molar-refractivity contribution < 1.29 is 4.79 Å². The summed E-state index contributed by atoms with van der Waals surface area (Å²) in [6, 6.07) is 5.81. The van der Waals surface area contributed by atoms with Crippen LogP contribution < -0.4 is 5.32 Å². The lowest BCUT2D eigenvalue weighted by molar-refractivity contribution is -0.116. The summed E-state index contributed by atoms with van der Waals surface area (Å²) in [5.41, 5.74) is 1.89. The largest absolute Gasteiger partial charge is 0.325 e. The van der Waals surface area contributed by atoms with Gasteiger partial charge in [0.15, 0.2) is 0 Å². The van der Waals surface area contributed by atoms with Gasteiger partial charge in [0.2, 0.25) is 5.91 Å². The monoisotopic (exact) mass is 289 g/mol. The summed E-state index contributed by atoms with van der Waals surface area (Å²) in [6.07, 6.45) is 1.17. The second-order valence-corrected chi connectivity index (χ2v) is 4.50. The fourth-order valence-corrected chi connectivity index (χ4v) is 1.92. The van der Waals surface area contributed by atoms with Gasteiger partial charge in [-0.3, -0.25) is 4.79 Å². The van der Waals surface area contributed by atoms with Crippen LogP contribution in [0.5, 0.6) is 0 Å². The summed E-state index contributed by atoms with van der Waals surface area (Å²) in [5.74, 6) is 0.521. The first kappa shape index (κ1) is 12.5. The van der Waals surface area contributed by atoms with E-state index in [4.69, 9.17) is 11.6 Å². The second kappa shape index (κ2) is 6.13. The van der Waals surface area contributed by atoms with Gasteiger partial charge in [-0.05, 0) is 40.9 Å². The molecule has 0 heterocycles. The van der Waals surface area contributed by atoms with E-state index >= 15 is 0 Å². The first-order valence-electron chi connectivity index (χ1n) is 4.76. The number of benzene rings is 1. The van der Waals surface area contributed by atoms with Gasteiger partial charge in [-0.25, -0.2) is 0 Å². The molecular formula is C11H13BrClNO. The summed E-state index contributed by atoms with van der Waals surface area (Å²) in [7, 11) is 0. The fraction of sp³-hybridized carbons (Fsp3) is 0.364. The lowest BCUT2D eigenvalue weighted by atomic mass is 10.2. The highest BCUT2D eigenvalue weighted by Gasteiger charge is 2.07. The average molecular weight is 291 g/mol. The van der Waals surface area contributed by atoms with Crippen molar-refractivity contribution in [1.29, 1.82) is 0 Å². The quantitative estimate of drug-likeness (QED) is 0.841. The Bertz CT molecular complexity index is 334. The van der Waals surface area contributed by atoms with Gasteiger partial charge in [0.25, 0.3) is 0 Å². The molecule has 1 amide bonds. The van der Waals surface area contributed by atoms with Crippen LogP contribution in [0.3, 0.4) is 0 Å². The van der Waals surface area contributed by atoms with Gasteiger partial charge in [-0.1, -0.05) is 12.1 Å². The zero-order valence-corrected chi connectivity index (χ0v) is 10.9. The molecule has 0 atom stereocenters. The number of hydrogen-bond acceptors (Lipinski definition) is 1. The van der Waals surface area contributed by atoms with Crippen LogP contribution in [-0.4, -0.2) is 11.8 Å². The molecule has 0 aliphatic heterocycles. The maximum atomic E-state index is 11.5. The van der Waals surface area contributed by atoms with Crippen molar-refractivity contribution in [3.8, 4) is 0 Å². The van der Waals surface area contributed by atoms with Crippen molar-refractivity contribution in [2.24, 2.45) is 0 Å². The number of para-hydroxylation sites is 1. The van der Waals surface area contributed by atoms with Gasteiger partial charge < -0.3 is 5.32 Å². The maximum Gasteiger partial charge on any atom is 0.224 e. The van der Waals surface area contributed by atoms with Crippen LogP contribution >= 0.6 is 27.5 Å². The minimum Gasteiger partial charge on any atom is -0.325 e. The van der Waals surface area contributed by atoms with E-state index in [9.17, 15) is 4.79 Å². The third-order valence-electron chi connectivity index (χ3n) is 2.02. The maximum absolute atomic E-state index is 11.5. The van der Waals surface area contributed by atoms with Crippen molar-refractivity contribution in [3.63, 3.8) is 0 Å². The number of halogens is 2. The van der Waals surface area contributed by atoms with E-state index in [1.54, 1.807) is 0 Å². The number of anilines is 1. The Hall–Kier alpha value is -0.540. The zero-order valence-electron chi connectivity index (χ0n) is 8.52. The van der Waals surface area contributed by atoms with Gasteiger partial charge in [0, 0.05) is 16.8 Å². The first-order chi connectivity index (χ1) is 7.15. The van der Waals surface area contributed by atoms with E-state index in [1.165, 1.54) is 0 Å². The number of amides is 1. The minimum absolute atomic E-state index is 0.00523. The predicted octanol–water partition coefficient (Wildman–Crippen LogP) is 3.72. The molecular weight excluding hydrogens is 277 g/mol. The zero-order chi connectivity index (χ0) is 11.3. The van der Waals surface area contributed by atoms with Crippen molar-refractivity contribution >= 4 is 39.1 Å². The third kappa shape index (κ3) is 3.84. The molecule has 15 heavy (non-hydrogen) atoms. The average Bonchev–Trinajstić information content (AvgIpc) is 2.21. The lowest BCUT2D eigenvalue weighted by Gasteiger charge is -2.09. The lowest BCUT2D eigenvalue weighted by Crippen LogP contribution is -2.12. The molecule has 0 saturated carbocycles. The molecule has 1 N–H and O–H groups in total. The summed E-state index contributed by atoms with van der Waals surface area (Å²) in [5, 5.41) is 2.87. The molecule has 1 aromatic carbocycles. The normalized spacial score (nSPS) is 10.1. The smallest absolute Gasteiger partial charge is 0.224 e. The molecule has 0 bridgehead atoms. The van der Waals surface area contributed by atoms with Crippen molar-refractivity contribution in [1.82, 2.24) is 0 Å². The molecule has 4 heteroatoms. The summed E-state index contributed by atoms with van der Waals surface area (Å²) < 4.78 is 0.904. The standard InChI is InChI=1S/C11H13BrClNO/c1-8-4-2-5-9(12)11(8)14-10(15)6-3-7-13/h2,4-5H,3,6-7H2,1H3,(H,14,15). The number of hydrogen-bond donors (Lipinski definition) is 1. The highest BCUT2D eigenvalue weighted by molar-refractivity contribution is 9.10. The van der Waals surface area contributed by atoms with Gasteiger partial charge in [-0.15, -0.1) is 11.6 Å². The van der Waals surface area contributed by atoms with E-state index in [-0.39, 0.29) is 5.91 Å². The molecule has 0 fully saturated rings. The molecule has 2 nitrogen and oxygen atoms in total.